The van der Waals surface area contributed by atoms with Gasteiger partial charge in [-0.15, -0.1) is 0 Å². The number of nitrogens with zero attached hydrogens (tertiary/aromatic N) is 5. The van der Waals surface area contributed by atoms with E-state index in [-0.39, 0.29) is 11.3 Å². The Morgan fingerprint density at radius 1 is 1.25 bits per heavy atom. The van der Waals surface area contributed by atoms with Crippen molar-refractivity contribution in [2.45, 2.75) is 38.3 Å². The number of nitriles is 1. The monoisotopic (exact) mass is 381 g/mol. The maximum Gasteiger partial charge on any atom is 0.249 e. The fourth-order valence-corrected chi connectivity index (χ4v) is 5.14. The minimum atomic E-state index is -0.658. The van der Waals surface area contributed by atoms with E-state index < -0.39 is 23.1 Å². The SMILES string of the molecule is N#Cc1ccn(CC23CC(C(=O)N4N=CCC4c4cc(F)cc(F)c4)(C2)C3)n1. The van der Waals surface area contributed by atoms with Gasteiger partial charge in [0.25, 0.3) is 0 Å². The zero-order chi connectivity index (χ0) is 19.5. The zero-order valence-corrected chi connectivity index (χ0v) is 15.0. The Bertz CT molecular complexity index is 1010. The number of carbonyl (C=O) groups is 1. The lowest BCUT2D eigenvalue weighted by molar-refractivity contribution is -0.223. The first-order chi connectivity index (χ1) is 13.4. The second kappa shape index (κ2) is 5.71. The van der Waals surface area contributed by atoms with Crippen LogP contribution in [0.5, 0.6) is 0 Å². The van der Waals surface area contributed by atoms with Crippen molar-refractivity contribution in [3.63, 3.8) is 0 Å². The summed E-state index contributed by atoms with van der Waals surface area (Å²) >= 11 is 0. The molecule has 1 atom stereocenters. The minimum absolute atomic E-state index is 0.0400. The number of rotatable bonds is 4. The Morgan fingerprint density at radius 3 is 2.61 bits per heavy atom. The normalized spacial score (nSPS) is 29.9. The highest BCUT2D eigenvalue weighted by Crippen LogP contribution is 2.74. The molecule has 0 saturated heterocycles. The van der Waals surface area contributed by atoms with Gasteiger partial charge in [0.05, 0.1) is 11.5 Å². The van der Waals surface area contributed by atoms with Gasteiger partial charge in [-0.25, -0.2) is 13.8 Å². The predicted molar refractivity (Wildman–Crippen MR) is 94.7 cm³/mol. The third-order valence-electron chi connectivity index (χ3n) is 6.15. The van der Waals surface area contributed by atoms with E-state index in [9.17, 15) is 13.6 Å². The van der Waals surface area contributed by atoms with Gasteiger partial charge in [-0.1, -0.05) is 0 Å². The molecule has 1 unspecified atom stereocenters. The average Bonchev–Trinajstić information content (AvgIpc) is 3.24. The molecule has 2 bridgehead atoms. The van der Waals surface area contributed by atoms with E-state index in [1.807, 2.05) is 6.07 Å². The molecule has 2 heterocycles. The summed E-state index contributed by atoms with van der Waals surface area (Å²) < 4.78 is 29.0. The van der Waals surface area contributed by atoms with E-state index in [1.54, 1.807) is 23.2 Å². The molecule has 1 aromatic carbocycles. The summed E-state index contributed by atoms with van der Waals surface area (Å²) in [4.78, 5) is 13.1. The number of hydrazone groups is 1. The lowest BCUT2D eigenvalue weighted by Crippen LogP contribution is -2.68. The molecule has 1 aromatic heterocycles. The van der Waals surface area contributed by atoms with E-state index in [0.717, 1.165) is 25.3 Å². The highest BCUT2D eigenvalue weighted by Gasteiger charge is 2.72. The van der Waals surface area contributed by atoms with Gasteiger partial charge in [-0.3, -0.25) is 9.48 Å². The summed E-state index contributed by atoms with van der Waals surface area (Å²) in [6.45, 7) is 0.686. The standard InChI is InChI=1S/C20H17F2N5O/c21-14-5-13(6-15(22)7-14)17-1-3-24-27(17)18(28)20-9-19(10-20,11-20)12-26-4-2-16(8-23)25-26/h2-7,17H,1,9-12H2. The van der Waals surface area contributed by atoms with E-state index >= 15 is 0 Å². The molecule has 1 amide bonds. The van der Waals surface area contributed by atoms with Crippen molar-refractivity contribution >= 4 is 12.1 Å². The maximum absolute atomic E-state index is 13.6. The summed E-state index contributed by atoms with van der Waals surface area (Å²) in [5, 5.41) is 18.7. The topological polar surface area (TPSA) is 74.3 Å². The molecular weight excluding hydrogens is 364 g/mol. The molecule has 4 aliphatic rings. The van der Waals surface area contributed by atoms with E-state index in [1.165, 1.54) is 17.1 Å². The van der Waals surface area contributed by atoms with Gasteiger partial charge in [0.15, 0.2) is 5.69 Å². The van der Waals surface area contributed by atoms with Crippen LogP contribution >= 0.6 is 0 Å². The highest BCUT2D eigenvalue weighted by atomic mass is 19.1. The third kappa shape index (κ3) is 2.46. The Hall–Kier alpha value is -3.08. The van der Waals surface area contributed by atoms with Crippen molar-refractivity contribution in [2.24, 2.45) is 15.9 Å². The van der Waals surface area contributed by atoms with Gasteiger partial charge >= 0.3 is 0 Å². The molecular formula is C20H17F2N5O. The quantitative estimate of drug-likeness (QED) is 0.817. The van der Waals surface area contributed by atoms with Crippen molar-refractivity contribution < 1.29 is 13.6 Å². The lowest BCUT2D eigenvalue weighted by Gasteiger charge is -2.69. The first kappa shape index (κ1) is 17.0. The van der Waals surface area contributed by atoms with Crippen LogP contribution < -0.4 is 0 Å². The summed E-state index contributed by atoms with van der Waals surface area (Å²) in [5.74, 6) is -1.39. The van der Waals surface area contributed by atoms with Crippen LogP contribution in [0.3, 0.4) is 0 Å². The van der Waals surface area contributed by atoms with Crippen LogP contribution in [-0.4, -0.2) is 26.9 Å². The van der Waals surface area contributed by atoms with Crippen LogP contribution in [0.2, 0.25) is 0 Å². The summed E-state index contributed by atoms with van der Waals surface area (Å²) in [6.07, 6.45) is 6.09. The molecule has 0 spiro atoms. The van der Waals surface area contributed by atoms with Gasteiger partial charge in [0.1, 0.15) is 17.7 Å². The Kier molecular flexibility index (Phi) is 3.48. The summed E-state index contributed by atoms with van der Waals surface area (Å²) in [5.41, 5.74) is 0.411. The molecule has 142 valence electrons. The summed E-state index contributed by atoms with van der Waals surface area (Å²) in [6, 6.07) is 6.56. The lowest BCUT2D eigenvalue weighted by atomic mass is 9.34. The number of aromatic nitrogens is 2. The molecule has 0 N–H and O–H groups in total. The molecule has 1 aliphatic heterocycles. The number of hydrogen-bond donors (Lipinski definition) is 0. The molecule has 6 rings (SSSR count). The fourth-order valence-electron chi connectivity index (χ4n) is 5.14. The number of amides is 1. The van der Waals surface area contributed by atoms with Crippen LogP contribution in [0.1, 0.15) is 43.0 Å². The van der Waals surface area contributed by atoms with Gasteiger partial charge < -0.3 is 0 Å². The summed E-state index contributed by atoms with van der Waals surface area (Å²) in [7, 11) is 0. The number of benzene rings is 1. The average molecular weight is 381 g/mol. The van der Waals surface area contributed by atoms with Crippen molar-refractivity contribution in [3.8, 4) is 6.07 Å². The molecule has 3 fully saturated rings. The highest BCUT2D eigenvalue weighted by molar-refractivity contribution is 5.88. The predicted octanol–water partition coefficient (Wildman–Crippen LogP) is 3.16. The Labute approximate surface area is 160 Å². The molecule has 3 aliphatic carbocycles. The first-order valence-electron chi connectivity index (χ1n) is 9.18. The first-order valence-corrected chi connectivity index (χ1v) is 9.18. The van der Waals surface area contributed by atoms with Gasteiger partial charge in [-0.05, 0) is 48.4 Å². The zero-order valence-electron chi connectivity index (χ0n) is 15.0. The molecule has 0 radical (unpaired) electrons. The number of carbonyl (C=O) groups excluding carboxylic acids is 1. The number of halogens is 2. The Balaban J connectivity index is 1.29. The molecule has 6 nitrogen and oxygen atoms in total. The smallest absolute Gasteiger partial charge is 0.249 e. The van der Waals surface area contributed by atoms with Gasteiger partial charge in [0, 0.05) is 31.4 Å². The van der Waals surface area contributed by atoms with Gasteiger partial charge in [0.2, 0.25) is 5.91 Å². The number of hydrogen-bond acceptors (Lipinski definition) is 4. The van der Waals surface area contributed by atoms with E-state index in [0.29, 0.717) is 24.2 Å². The van der Waals surface area contributed by atoms with Crippen LogP contribution in [-0.2, 0) is 11.3 Å². The van der Waals surface area contributed by atoms with Crippen LogP contribution in [0.4, 0.5) is 8.78 Å². The third-order valence-corrected chi connectivity index (χ3v) is 6.15. The minimum Gasteiger partial charge on any atom is -0.272 e. The van der Waals surface area contributed by atoms with Crippen molar-refractivity contribution in [3.05, 3.63) is 53.4 Å². The van der Waals surface area contributed by atoms with Crippen molar-refractivity contribution in [1.29, 1.82) is 5.26 Å². The molecule has 28 heavy (non-hydrogen) atoms. The fraction of sp³-hybridized carbons (Fsp3) is 0.400. The second-order valence-electron chi connectivity index (χ2n) is 8.22. The molecule has 8 heteroatoms. The van der Waals surface area contributed by atoms with Crippen LogP contribution in [0, 0.1) is 33.8 Å². The van der Waals surface area contributed by atoms with Crippen LogP contribution in [0.25, 0.3) is 0 Å². The van der Waals surface area contributed by atoms with Crippen molar-refractivity contribution in [2.75, 3.05) is 0 Å². The second-order valence-corrected chi connectivity index (χ2v) is 8.22. The molecule has 2 aromatic rings. The van der Waals surface area contributed by atoms with Crippen LogP contribution in [0.15, 0.2) is 35.6 Å². The van der Waals surface area contributed by atoms with E-state index in [2.05, 4.69) is 10.2 Å². The Morgan fingerprint density at radius 2 is 1.96 bits per heavy atom. The largest absolute Gasteiger partial charge is 0.272 e. The van der Waals surface area contributed by atoms with Gasteiger partial charge in [-0.2, -0.15) is 15.5 Å². The molecule has 3 saturated carbocycles. The van der Waals surface area contributed by atoms with Crippen molar-refractivity contribution in [1.82, 2.24) is 14.8 Å². The van der Waals surface area contributed by atoms with E-state index in [4.69, 9.17) is 5.26 Å². The maximum atomic E-state index is 13.6.